The van der Waals surface area contributed by atoms with Crippen molar-refractivity contribution in [2.75, 3.05) is 26.2 Å². The molecule has 3 heterocycles. The van der Waals surface area contributed by atoms with E-state index in [1.807, 2.05) is 22.7 Å². The normalized spacial score (nSPS) is 15.8. The molecule has 0 radical (unpaired) electrons. The molecule has 2 aromatic rings. The van der Waals surface area contributed by atoms with Crippen LogP contribution in [-0.4, -0.2) is 61.4 Å². The first-order chi connectivity index (χ1) is 12.0. The number of hydrogen-bond donors (Lipinski definition) is 0. The van der Waals surface area contributed by atoms with Gasteiger partial charge in [0.1, 0.15) is 6.54 Å². The highest BCUT2D eigenvalue weighted by atomic mass is 79.9. The Labute approximate surface area is 156 Å². The van der Waals surface area contributed by atoms with E-state index >= 15 is 0 Å². The molecular weight excluding hydrogens is 384 g/mol. The van der Waals surface area contributed by atoms with Crippen LogP contribution >= 0.6 is 15.9 Å². The average Bonchev–Trinajstić information content (AvgIpc) is 3.10. The summed E-state index contributed by atoms with van der Waals surface area (Å²) in [7, 11) is 0. The maximum atomic E-state index is 12.5. The SMILES string of the molecule is CCn1cc(CN2CCN(C(=O)Cn3cc(Br)c(C)n3)CC2)c(C)n1. The molecule has 0 N–H and O–H groups in total. The van der Waals surface area contributed by atoms with Crippen LogP contribution in [-0.2, 0) is 24.4 Å². The zero-order valence-electron chi connectivity index (χ0n) is 15.1. The molecule has 0 atom stereocenters. The first-order valence-corrected chi connectivity index (χ1v) is 9.48. The van der Waals surface area contributed by atoms with E-state index in [9.17, 15) is 4.79 Å². The number of piperazine rings is 1. The van der Waals surface area contributed by atoms with Gasteiger partial charge in [-0.05, 0) is 36.7 Å². The lowest BCUT2D eigenvalue weighted by atomic mass is 10.2. The number of aryl methyl sites for hydroxylation is 3. The lowest BCUT2D eigenvalue weighted by Crippen LogP contribution is -2.49. The van der Waals surface area contributed by atoms with Crippen LogP contribution in [0.4, 0.5) is 0 Å². The maximum absolute atomic E-state index is 12.5. The van der Waals surface area contributed by atoms with Crippen molar-refractivity contribution in [3.8, 4) is 0 Å². The Morgan fingerprint density at radius 2 is 1.76 bits per heavy atom. The molecule has 7 nitrogen and oxygen atoms in total. The summed E-state index contributed by atoms with van der Waals surface area (Å²) in [5.74, 6) is 0.129. The van der Waals surface area contributed by atoms with Crippen LogP contribution in [0.5, 0.6) is 0 Å². The Morgan fingerprint density at radius 1 is 1.08 bits per heavy atom. The van der Waals surface area contributed by atoms with E-state index in [2.05, 4.69) is 51.1 Å². The molecule has 3 rings (SSSR count). The van der Waals surface area contributed by atoms with Gasteiger partial charge >= 0.3 is 0 Å². The van der Waals surface area contributed by atoms with Crippen molar-refractivity contribution in [3.05, 3.63) is 33.8 Å². The Kier molecular flexibility index (Phi) is 5.58. The second-order valence-corrected chi connectivity index (χ2v) is 7.37. The molecule has 1 saturated heterocycles. The van der Waals surface area contributed by atoms with Gasteiger partial charge in [-0.2, -0.15) is 10.2 Å². The Morgan fingerprint density at radius 3 is 2.32 bits per heavy atom. The fraction of sp³-hybridized carbons (Fsp3) is 0.588. The monoisotopic (exact) mass is 408 g/mol. The minimum atomic E-state index is 0.129. The number of halogens is 1. The number of amides is 1. The van der Waals surface area contributed by atoms with Crippen LogP contribution in [0.15, 0.2) is 16.9 Å². The van der Waals surface area contributed by atoms with Crippen molar-refractivity contribution >= 4 is 21.8 Å². The van der Waals surface area contributed by atoms with Crippen LogP contribution in [0.25, 0.3) is 0 Å². The van der Waals surface area contributed by atoms with E-state index in [-0.39, 0.29) is 5.91 Å². The molecule has 0 saturated carbocycles. The van der Waals surface area contributed by atoms with E-state index in [4.69, 9.17) is 0 Å². The molecule has 0 spiro atoms. The number of aromatic nitrogens is 4. The number of nitrogens with zero attached hydrogens (tertiary/aromatic N) is 6. The van der Waals surface area contributed by atoms with Crippen molar-refractivity contribution in [2.24, 2.45) is 0 Å². The van der Waals surface area contributed by atoms with Gasteiger partial charge in [-0.25, -0.2) is 0 Å². The molecule has 25 heavy (non-hydrogen) atoms. The molecule has 8 heteroatoms. The zero-order chi connectivity index (χ0) is 18.0. The van der Waals surface area contributed by atoms with E-state index in [1.54, 1.807) is 4.68 Å². The Hall–Kier alpha value is -1.67. The topological polar surface area (TPSA) is 59.2 Å². The quantitative estimate of drug-likeness (QED) is 0.756. The molecule has 1 fully saturated rings. The van der Waals surface area contributed by atoms with Gasteiger partial charge in [-0.3, -0.25) is 19.1 Å². The van der Waals surface area contributed by atoms with Gasteiger partial charge in [0.25, 0.3) is 0 Å². The molecule has 2 aromatic heterocycles. The fourth-order valence-corrected chi connectivity index (χ4v) is 3.40. The summed E-state index contributed by atoms with van der Waals surface area (Å²) >= 11 is 3.43. The van der Waals surface area contributed by atoms with E-state index in [1.165, 1.54) is 5.56 Å². The highest BCUT2D eigenvalue weighted by molar-refractivity contribution is 9.10. The molecule has 0 aliphatic carbocycles. The maximum Gasteiger partial charge on any atom is 0.244 e. The van der Waals surface area contributed by atoms with E-state index in [0.29, 0.717) is 6.54 Å². The minimum absolute atomic E-state index is 0.129. The number of rotatable bonds is 5. The lowest BCUT2D eigenvalue weighted by Gasteiger charge is -2.34. The van der Waals surface area contributed by atoms with Crippen molar-refractivity contribution in [2.45, 2.75) is 40.4 Å². The van der Waals surface area contributed by atoms with Crippen molar-refractivity contribution in [3.63, 3.8) is 0 Å². The first kappa shape index (κ1) is 18.1. The second-order valence-electron chi connectivity index (χ2n) is 6.51. The predicted octanol–water partition coefficient (Wildman–Crippen LogP) is 1.82. The Bertz CT molecular complexity index is 725. The van der Waals surface area contributed by atoms with Crippen molar-refractivity contribution in [1.82, 2.24) is 29.4 Å². The van der Waals surface area contributed by atoms with E-state index < -0.39 is 0 Å². The summed E-state index contributed by atoms with van der Waals surface area (Å²) in [5.41, 5.74) is 3.28. The molecule has 1 amide bonds. The van der Waals surface area contributed by atoms with Crippen LogP contribution in [0.1, 0.15) is 23.9 Å². The number of hydrogen-bond acceptors (Lipinski definition) is 4. The van der Waals surface area contributed by atoms with Crippen LogP contribution < -0.4 is 0 Å². The Balaban J connectivity index is 1.51. The molecule has 136 valence electrons. The van der Waals surface area contributed by atoms with Gasteiger partial charge in [0.05, 0.1) is 15.9 Å². The lowest BCUT2D eigenvalue weighted by molar-refractivity contribution is -0.133. The molecule has 1 aliphatic heterocycles. The minimum Gasteiger partial charge on any atom is -0.339 e. The molecule has 1 aliphatic rings. The predicted molar refractivity (Wildman–Crippen MR) is 99.2 cm³/mol. The van der Waals surface area contributed by atoms with Crippen molar-refractivity contribution < 1.29 is 4.79 Å². The highest BCUT2D eigenvalue weighted by Gasteiger charge is 2.22. The molecular formula is C17H25BrN6O. The summed E-state index contributed by atoms with van der Waals surface area (Å²) in [5, 5.41) is 8.84. The third kappa shape index (κ3) is 4.30. The van der Waals surface area contributed by atoms with Gasteiger partial charge in [-0.1, -0.05) is 0 Å². The largest absolute Gasteiger partial charge is 0.339 e. The first-order valence-electron chi connectivity index (χ1n) is 8.69. The average molecular weight is 409 g/mol. The molecule has 0 bridgehead atoms. The number of carbonyl (C=O) groups excluding carboxylic acids is 1. The third-order valence-corrected chi connectivity index (χ3v) is 5.45. The summed E-state index contributed by atoms with van der Waals surface area (Å²) in [6.45, 7) is 11.5. The smallest absolute Gasteiger partial charge is 0.244 e. The van der Waals surface area contributed by atoms with Gasteiger partial charge in [0.2, 0.25) is 5.91 Å². The van der Waals surface area contributed by atoms with E-state index in [0.717, 1.165) is 55.1 Å². The third-order valence-electron chi connectivity index (χ3n) is 4.67. The van der Waals surface area contributed by atoms with Crippen molar-refractivity contribution in [1.29, 1.82) is 0 Å². The molecule has 0 unspecified atom stereocenters. The standard InChI is InChI=1S/C17H25BrN6O/c1-4-23-10-15(13(2)19-23)9-21-5-7-22(8-6-21)17(25)12-24-11-16(18)14(3)20-24/h10-11H,4-9,12H2,1-3H3. The van der Waals surface area contributed by atoms with Gasteiger partial charge < -0.3 is 4.90 Å². The van der Waals surface area contributed by atoms with Gasteiger partial charge in [-0.15, -0.1) is 0 Å². The highest BCUT2D eigenvalue weighted by Crippen LogP contribution is 2.14. The van der Waals surface area contributed by atoms with Gasteiger partial charge in [0, 0.05) is 57.2 Å². The van der Waals surface area contributed by atoms with Crippen LogP contribution in [0.3, 0.4) is 0 Å². The van der Waals surface area contributed by atoms with Gasteiger partial charge in [0.15, 0.2) is 0 Å². The van der Waals surface area contributed by atoms with Crippen LogP contribution in [0.2, 0.25) is 0 Å². The summed E-state index contributed by atoms with van der Waals surface area (Å²) in [4.78, 5) is 16.8. The molecule has 0 aromatic carbocycles. The second kappa shape index (κ2) is 7.70. The summed E-state index contributed by atoms with van der Waals surface area (Å²) < 4.78 is 4.62. The fourth-order valence-electron chi connectivity index (χ4n) is 3.09. The number of carbonyl (C=O) groups is 1. The summed E-state index contributed by atoms with van der Waals surface area (Å²) in [6.07, 6.45) is 3.99. The zero-order valence-corrected chi connectivity index (χ0v) is 16.7. The van der Waals surface area contributed by atoms with Crippen LogP contribution in [0, 0.1) is 13.8 Å². The summed E-state index contributed by atoms with van der Waals surface area (Å²) in [6, 6.07) is 0.